The highest BCUT2D eigenvalue weighted by atomic mass is 16.7. The van der Waals surface area contributed by atoms with Gasteiger partial charge in [0.15, 0.2) is 11.5 Å². The molecule has 0 saturated carbocycles. The van der Waals surface area contributed by atoms with E-state index >= 15 is 0 Å². The van der Waals surface area contributed by atoms with E-state index < -0.39 is 0 Å². The third kappa shape index (κ3) is 3.38. The lowest BCUT2D eigenvalue weighted by molar-refractivity contribution is -0.120. The van der Waals surface area contributed by atoms with Crippen LogP contribution in [0.25, 0.3) is 0 Å². The molecule has 0 spiro atoms. The third-order valence-corrected chi connectivity index (χ3v) is 4.70. The molecule has 0 unspecified atom stereocenters. The molecule has 2 aliphatic heterocycles. The number of amides is 1. The van der Waals surface area contributed by atoms with Crippen molar-refractivity contribution in [3.05, 3.63) is 42.1 Å². The van der Waals surface area contributed by atoms with Crippen LogP contribution in [0.2, 0.25) is 0 Å². The molecule has 1 fully saturated rings. The minimum absolute atomic E-state index is 0.0199. The van der Waals surface area contributed by atoms with Crippen LogP contribution in [0.4, 0.5) is 11.5 Å². The zero-order chi connectivity index (χ0) is 17.2. The number of carbonyl (C=O) groups is 1. The summed E-state index contributed by atoms with van der Waals surface area (Å²) in [5.74, 6) is 2.48. The molecule has 2 aromatic rings. The van der Waals surface area contributed by atoms with Crippen molar-refractivity contribution in [1.29, 1.82) is 0 Å². The van der Waals surface area contributed by atoms with Gasteiger partial charge in [-0.15, -0.1) is 0 Å². The van der Waals surface area contributed by atoms with Gasteiger partial charge in [-0.3, -0.25) is 4.79 Å². The van der Waals surface area contributed by atoms with Crippen molar-refractivity contribution < 1.29 is 14.3 Å². The Hall–Kier alpha value is -2.76. The van der Waals surface area contributed by atoms with E-state index in [1.165, 1.54) is 0 Å². The number of hydrogen-bond acceptors (Lipinski definition) is 5. The molecule has 1 N–H and O–H groups in total. The fourth-order valence-corrected chi connectivity index (χ4v) is 3.29. The van der Waals surface area contributed by atoms with Gasteiger partial charge in [0.1, 0.15) is 5.82 Å². The highest BCUT2D eigenvalue weighted by Gasteiger charge is 2.26. The van der Waals surface area contributed by atoms with Gasteiger partial charge < -0.3 is 19.7 Å². The maximum atomic E-state index is 12.5. The molecule has 6 nitrogen and oxygen atoms in total. The lowest BCUT2D eigenvalue weighted by Gasteiger charge is -2.32. The van der Waals surface area contributed by atoms with E-state index in [1.807, 2.05) is 43.3 Å². The van der Waals surface area contributed by atoms with Gasteiger partial charge in [0.05, 0.1) is 0 Å². The van der Waals surface area contributed by atoms with Gasteiger partial charge in [-0.05, 0) is 44.0 Å². The Kier molecular flexibility index (Phi) is 4.17. The van der Waals surface area contributed by atoms with Gasteiger partial charge in [-0.25, -0.2) is 4.98 Å². The predicted molar refractivity (Wildman–Crippen MR) is 95.1 cm³/mol. The highest BCUT2D eigenvalue weighted by Crippen LogP contribution is 2.34. The number of pyridine rings is 1. The molecule has 2 aliphatic rings. The lowest BCUT2D eigenvalue weighted by atomic mass is 9.95. The molecule has 0 aliphatic carbocycles. The van der Waals surface area contributed by atoms with Crippen molar-refractivity contribution in [2.45, 2.75) is 19.8 Å². The molecule has 0 atom stereocenters. The van der Waals surface area contributed by atoms with Crippen molar-refractivity contribution in [2.75, 3.05) is 30.1 Å². The molecule has 1 amide bonds. The van der Waals surface area contributed by atoms with Crippen molar-refractivity contribution in [2.24, 2.45) is 5.92 Å². The normalized spacial score (nSPS) is 16.8. The van der Waals surface area contributed by atoms with Gasteiger partial charge >= 0.3 is 0 Å². The van der Waals surface area contributed by atoms with Gasteiger partial charge in [0, 0.05) is 36.5 Å². The maximum Gasteiger partial charge on any atom is 0.231 e. The van der Waals surface area contributed by atoms with Crippen molar-refractivity contribution in [3.63, 3.8) is 0 Å². The number of fused-ring (bicyclic) bond motifs is 1. The average Bonchev–Trinajstić information content (AvgIpc) is 3.09. The number of ether oxygens (including phenoxy) is 2. The Morgan fingerprint density at radius 3 is 2.76 bits per heavy atom. The minimum atomic E-state index is 0.0199. The van der Waals surface area contributed by atoms with Gasteiger partial charge in [0.2, 0.25) is 12.7 Å². The van der Waals surface area contributed by atoms with Crippen molar-refractivity contribution in [1.82, 2.24) is 4.98 Å². The smallest absolute Gasteiger partial charge is 0.231 e. The van der Waals surface area contributed by atoms with E-state index in [0.29, 0.717) is 5.75 Å². The van der Waals surface area contributed by atoms with E-state index in [4.69, 9.17) is 9.47 Å². The van der Waals surface area contributed by atoms with E-state index in [2.05, 4.69) is 15.2 Å². The maximum absolute atomic E-state index is 12.5. The van der Waals surface area contributed by atoms with E-state index in [0.717, 1.165) is 48.9 Å². The Balaban J connectivity index is 1.35. The standard InChI is InChI=1S/C19H21N3O3/c1-13-3-2-4-18(20-13)22-9-7-14(8-10-22)19(23)21-15-5-6-16-17(11-15)25-12-24-16/h2-6,11,14H,7-10,12H2,1H3,(H,21,23). The topological polar surface area (TPSA) is 63.7 Å². The number of nitrogens with zero attached hydrogens (tertiary/aromatic N) is 2. The summed E-state index contributed by atoms with van der Waals surface area (Å²) in [5.41, 5.74) is 1.76. The van der Waals surface area contributed by atoms with E-state index in [9.17, 15) is 4.79 Å². The van der Waals surface area contributed by atoms with Crippen LogP contribution in [0, 0.1) is 12.8 Å². The van der Waals surface area contributed by atoms with Crippen LogP contribution in [-0.4, -0.2) is 30.8 Å². The molecular formula is C19H21N3O3. The summed E-state index contributed by atoms with van der Waals surface area (Å²) in [7, 11) is 0. The zero-order valence-corrected chi connectivity index (χ0v) is 14.2. The fraction of sp³-hybridized carbons (Fsp3) is 0.368. The number of carbonyl (C=O) groups excluding carboxylic acids is 1. The van der Waals surface area contributed by atoms with Gasteiger partial charge in [-0.2, -0.15) is 0 Å². The Labute approximate surface area is 146 Å². The fourth-order valence-electron chi connectivity index (χ4n) is 3.29. The van der Waals surface area contributed by atoms with Gasteiger partial charge in [0.25, 0.3) is 0 Å². The van der Waals surface area contributed by atoms with Crippen molar-refractivity contribution in [3.8, 4) is 11.5 Å². The molecule has 1 aromatic heterocycles. The molecule has 0 bridgehead atoms. The van der Waals surface area contributed by atoms with Crippen LogP contribution in [0.15, 0.2) is 36.4 Å². The number of hydrogen-bond donors (Lipinski definition) is 1. The summed E-state index contributed by atoms with van der Waals surface area (Å²) < 4.78 is 10.6. The first-order chi connectivity index (χ1) is 12.2. The highest BCUT2D eigenvalue weighted by molar-refractivity contribution is 5.93. The molecule has 25 heavy (non-hydrogen) atoms. The summed E-state index contributed by atoms with van der Waals surface area (Å²) in [5, 5.41) is 3.00. The Bertz CT molecular complexity index is 785. The molecule has 1 saturated heterocycles. The number of anilines is 2. The third-order valence-electron chi connectivity index (χ3n) is 4.70. The molecular weight excluding hydrogens is 318 g/mol. The zero-order valence-electron chi connectivity index (χ0n) is 14.2. The van der Waals surface area contributed by atoms with Crippen molar-refractivity contribution >= 4 is 17.4 Å². The van der Waals surface area contributed by atoms with E-state index in [-0.39, 0.29) is 18.6 Å². The SMILES string of the molecule is Cc1cccc(N2CCC(C(=O)Nc3ccc4c(c3)OCO4)CC2)n1. The quantitative estimate of drug-likeness (QED) is 0.931. The molecule has 130 valence electrons. The first kappa shape index (κ1) is 15.7. The Morgan fingerprint density at radius 2 is 1.96 bits per heavy atom. The van der Waals surface area contributed by atoms with Crippen LogP contribution in [0.1, 0.15) is 18.5 Å². The second kappa shape index (κ2) is 6.63. The molecule has 6 heteroatoms. The number of nitrogens with one attached hydrogen (secondary N) is 1. The summed E-state index contributed by atoms with van der Waals surface area (Å²) in [4.78, 5) is 19.4. The van der Waals surface area contributed by atoms with Crippen LogP contribution < -0.4 is 19.7 Å². The van der Waals surface area contributed by atoms with Gasteiger partial charge in [-0.1, -0.05) is 6.07 Å². The summed E-state index contributed by atoms with van der Waals surface area (Å²) in [6, 6.07) is 11.5. The number of rotatable bonds is 3. The largest absolute Gasteiger partial charge is 0.454 e. The molecule has 0 radical (unpaired) electrons. The van der Waals surface area contributed by atoms with E-state index in [1.54, 1.807) is 0 Å². The first-order valence-corrected chi connectivity index (χ1v) is 8.58. The molecule has 4 rings (SSSR count). The lowest BCUT2D eigenvalue weighted by Crippen LogP contribution is -2.38. The molecule has 3 heterocycles. The Morgan fingerprint density at radius 1 is 1.16 bits per heavy atom. The van der Waals surface area contributed by atoms with Crippen LogP contribution >= 0.6 is 0 Å². The number of piperidine rings is 1. The monoisotopic (exact) mass is 339 g/mol. The first-order valence-electron chi connectivity index (χ1n) is 8.58. The number of aryl methyl sites for hydroxylation is 1. The second-order valence-corrected chi connectivity index (χ2v) is 6.46. The summed E-state index contributed by atoms with van der Waals surface area (Å²) in [6.07, 6.45) is 1.65. The summed E-state index contributed by atoms with van der Waals surface area (Å²) in [6.45, 7) is 3.92. The summed E-state index contributed by atoms with van der Waals surface area (Å²) >= 11 is 0. The minimum Gasteiger partial charge on any atom is -0.454 e. The van der Waals surface area contributed by atoms with Crippen LogP contribution in [0.5, 0.6) is 11.5 Å². The average molecular weight is 339 g/mol. The molecule has 1 aromatic carbocycles. The number of aromatic nitrogens is 1. The van der Waals surface area contributed by atoms with Crippen LogP contribution in [0.3, 0.4) is 0 Å². The second-order valence-electron chi connectivity index (χ2n) is 6.46. The number of benzene rings is 1. The van der Waals surface area contributed by atoms with Crippen LogP contribution in [-0.2, 0) is 4.79 Å². The predicted octanol–water partition coefficient (Wildman–Crippen LogP) is 2.97.